The Kier molecular flexibility index (Phi) is 6.10. The summed E-state index contributed by atoms with van der Waals surface area (Å²) in [6.45, 7) is 4.34. The van der Waals surface area contributed by atoms with Crippen molar-refractivity contribution < 1.29 is 9.47 Å². The van der Waals surface area contributed by atoms with Crippen LogP contribution < -0.4 is 10.2 Å². The highest BCUT2D eigenvalue weighted by Crippen LogP contribution is 2.28. The van der Waals surface area contributed by atoms with E-state index >= 15 is 0 Å². The lowest BCUT2D eigenvalue weighted by Crippen LogP contribution is -2.25. The predicted molar refractivity (Wildman–Crippen MR) is 82.7 cm³/mol. The lowest BCUT2D eigenvalue weighted by molar-refractivity contribution is 0.121. The standard InChI is InChI=1S/C15H23ClN2O2/c1-19-8-6-17-10-12-3-4-13(16)9-15(12)18-7-5-14(11-18)20-2/h3-4,9,14,17H,5-8,10-11H2,1-2H3. The minimum atomic E-state index is 0.322. The third kappa shape index (κ3) is 4.09. The van der Waals surface area contributed by atoms with Gasteiger partial charge in [-0.15, -0.1) is 0 Å². The molecule has 1 aliphatic rings. The van der Waals surface area contributed by atoms with Crippen molar-refractivity contribution >= 4 is 17.3 Å². The summed E-state index contributed by atoms with van der Waals surface area (Å²) in [6, 6.07) is 6.09. The molecule has 112 valence electrons. The van der Waals surface area contributed by atoms with Crippen molar-refractivity contribution in [2.75, 3.05) is 45.4 Å². The molecular formula is C15H23ClN2O2. The van der Waals surface area contributed by atoms with Crippen LogP contribution >= 0.6 is 11.6 Å². The minimum Gasteiger partial charge on any atom is -0.383 e. The molecular weight excluding hydrogens is 276 g/mol. The Morgan fingerprint density at radius 1 is 1.40 bits per heavy atom. The van der Waals surface area contributed by atoms with E-state index in [1.54, 1.807) is 14.2 Å². The zero-order valence-electron chi connectivity index (χ0n) is 12.2. The van der Waals surface area contributed by atoms with Crippen LogP contribution in [0.25, 0.3) is 0 Å². The minimum absolute atomic E-state index is 0.322. The molecule has 1 aliphatic heterocycles. The molecule has 0 aromatic heterocycles. The van der Waals surface area contributed by atoms with Gasteiger partial charge in [0.25, 0.3) is 0 Å². The molecule has 0 radical (unpaired) electrons. The normalized spacial score (nSPS) is 18.8. The molecule has 1 N–H and O–H groups in total. The van der Waals surface area contributed by atoms with Crippen molar-refractivity contribution in [2.24, 2.45) is 0 Å². The monoisotopic (exact) mass is 298 g/mol. The topological polar surface area (TPSA) is 33.7 Å². The number of ether oxygens (including phenoxy) is 2. The van der Waals surface area contributed by atoms with Gasteiger partial charge >= 0.3 is 0 Å². The zero-order chi connectivity index (χ0) is 14.4. The van der Waals surface area contributed by atoms with Crippen LogP contribution in [0.5, 0.6) is 0 Å². The summed E-state index contributed by atoms with van der Waals surface area (Å²) in [5, 5.41) is 4.16. The van der Waals surface area contributed by atoms with Crippen LogP contribution in [0.3, 0.4) is 0 Å². The second-order valence-electron chi connectivity index (χ2n) is 5.04. The fourth-order valence-electron chi connectivity index (χ4n) is 2.52. The predicted octanol–water partition coefficient (Wildman–Crippen LogP) is 2.30. The molecule has 1 saturated heterocycles. The number of anilines is 1. The van der Waals surface area contributed by atoms with E-state index in [4.69, 9.17) is 21.1 Å². The lowest BCUT2D eigenvalue weighted by Gasteiger charge is -2.22. The van der Waals surface area contributed by atoms with E-state index in [2.05, 4.69) is 16.3 Å². The Labute approximate surface area is 126 Å². The Balaban J connectivity index is 2.04. The highest BCUT2D eigenvalue weighted by molar-refractivity contribution is 6.30. The van der Waals surface area contributed by atoms with Crippen LogP contribution in [-0.2, 0) is 16.0 Å². The number of halogens is 1. The maximum atomic E-state index is 6.15. The lowest BCUT2D eigenvalue weighted by atomic mass is 10.1. The fourth-order valence-corrected chi connectivity index (χ4v) is 2.68. The van der Waals surface area contributed by atoms with Crippen molar-refractivity contribution in [3.8, 4) is 0 Å². The van der Waals surface area contributed by atoms with E-state index in [1.165, 1.54) is 11.3 Å². The number of methoxy groups -OCH3 is 2. The fraction of sp³-hybridized carbons (Fsp3) is 0.600. The molecule has 1 fully saturated rings. The number of rotatable bonds is 7. The van der Waals surface area contributed by atoms with Gasteiger partial charge in [0.05, 0.1) is 12.7 Å². The van der Waals surface area contributed by atoms with Gasteiger partial charge in [0.2, 0.25) is 0 Å². The van der Waals surface area contributed by atoms with E-state index in [0.29, 0.717) is 6.10 Å². The van der Waals surface area contributed by atoms with Crippen molar-refractivity contribution in [3.63, 3.8) is 0 Å². The van der Waals surface area contributed by atoms with E-state index in [1.807, 2.05) is 12.1 Å². The Hall–Kier alpha value is -0.810. The van der Waals surface area contributed by atoms with Crippen molar-refractivity contribution in [2.45, 2.75) is 19.1 Å². The van der Waals surface area contributed by atoms with Crippen LogP contribution in [0.2, 0.25) is 5.02 Å². The summed E-state index contributed by atoms with van der Waals surface area (Å²) in [5.74, 6) is 0. The third-order valence-electron chi connectivity index (χ3n) is 3.66. The molecule has 1 heterocycles. The molecule has 1 aromatic carbocycles. The largest absolute Gasteiger partial charge is 0.383 e. The number of hydrogen-bond donors (Lipinski definition) is 1. The van der Waals surface area contributed by atoms with Gasteiger partial charge in [-0.25, -0.2) is 0 Å². The average molecular weight is 299 g/mol. The van der Waals surface area contributed by atoms with Gasteiger partial charge in [0.15, 0.2) is 0 Å². The SMILES string of the molecule is COCCNCc1ccc(Cl)cc1N1CCC(OC)C1. The first-order chi connectivity index (χ1) is 9.74. The van der Waals surface area contributed by atoms with Crippen LogP contribution in [0.4, 0.5) is 5.69 Å². The Morgan fingerprint density at radius 2 is 2.25 bits per heavy atom. The number of nitrogens with one attached hydrogen (secondary N) is 1. The summed E-state index contributed by atoms with van der Waals surface area (Å²) in [6.07, 6.45) is 1.39. The van der Waals surface area contributed by atoms with E-state index in [9.17, 15) is 0 Å². The molecule has 0 bridgehead atoms. The van der Waals surface area contributed by atoms with Crippen LogP contribution in [0.15, 0.2) is 18.2 Å². The van der Waals surface area contributed by atoms with Crippen molar-refractivity contribution in [1.82, 2.24) is 5.32 Å². The molecule has 1 unspecified atom stereocenters. The smallest absolute Gasteiger partial charge is 0.0762 e. The summed E-state index contributed by atoms with van der Waals surface area (Å²) >= 11 is 6.15. The number of benzene rings is 1. The molecule has 4 nitrogen and oxygen atoms in total. The summed E-state index contributed by atoms with van der Waals surface area (Å²) < 4.78 is 10.5. The van der Waals surface area contributed by atoms with Gasteiger partial charge in [-0.1, -0.05) is 17.7 Å². The molecule has 0 spiro atoms. The van der Waals surface area contributed by atoms with Crippen LogP contribution in [0.1, 0.15) is 12.0 Å². The van der Waals surface area contributed by atoms with Gasteiger partial charge in [-0.3, -0.25) is 0 Å². The molecule has 0 aliphatic carbocycles. The highest BCUT2D eigenvalue weighted by atomic mass is 35.5. The average Bonchev–Trinajstić information content (AvgIpc) is 2.93. The Bertz CT molecular complexity index is 428. The summed E-state index contributed by atoms with van der Waals surface area (Å²) in [5.41, 5.74) is 2.48. The highest BCUT2D eigenvalue weighted by Gasteiger charge is 2.23. The van der Waals surface area contributed by atoms with Gasteiger partial charge in [0.1, 0.15) is 0 Å². The van der Waals surface area contributed by atoms with Crippen molar-refractivity contribution in [3.05, 3.63) is 28.8 Å². The van der Waals surface area contributed by atoms with Gasteiger partial charge in [-0.2, -0.15) is 0 Å². The molecule has 5 heteroatoms. The van der Waals surface area contributed by atoms with Crippen LogP contribution in [0, 0.1) is 0 Å². The maximum Gasteiger partial charge on any atom is 0.0762 e. The summed E-state index contributed by atoms with van der Waals surface area (Å²) in [4.78, 5) is 2.35. The van der Waals surface area contributed by atoms with E-state index < -0.39 is 0 Å². The first-order valence-corrected chi connectivity index (χ1v) is 7.38. The van der Waals surface area contributed by atoms with Crippen LogP contribution in [-0.4, -0.2) is 46.6 Å². The molecule has 0 amide bonds. The second kappa shape index (κ2) is 7.84. The third-order valence-corrected chi connectivity index (χ3v) is 3.90. The maximum absolute atomic E-state index is 6.15. The molecule has 20 heavy (non-hydrogen) atoms. The molecule has 1 aromatic rings. The van der Waals surface area contributed by atoms with Crippen molar-refractivity contribution in [1.29, 1.82) is 0 Å². The number of nitrogens with zero attached hydrogens (tertiary/aromatic N) is 1. The van der Waals surface area contributed by atoms with Gasteiger partial charge < -0.3 is 19.7 Å². The molecule has 2 rings (SSSR count). The quantitative estimate of drug-likeness (QED) is 0.783. The zero-order valence-corrected chi connectivity index (χ0v) is 12.9. The first-order valence-electron chi connectivity index (χ1n) is 7.00. The van der Waals surface area contributed by atoms with Gasteiger partial charge in [-0.05, 0) is 24.1 Å². The first kappa shape index (κ1) is 15.6. The Morgan fingerprint density at radius 3 is 2.95 bits per heavy atom. The molecule has 1 atom stereocenters. The van der Waals surface area contributed by atoms with E-state index in [0.717, 1.165) is 44.2 Å². The van der Waals surface area contributed by atoms with Gasteiger partial charge in [0, 0.05) is 51.1 Å². The second-order valence-corrected chi connectivity index (χ2v) is 5.47. The molecule has 0 saturated carbocycles. The number of hydrogen-bond acceptors (Lipinski definition) is 4. The van der Waals surface area contributed by atoms with E-state index in [-0.39, 0.29) is 0 Å². The summed E-state index contributed by atoms with van der Waals surface area (Å²) in [7, 11) is 3.49.